The maximum Gasteiger partial charge on any atom is 0.221 e. The van der Waals surface area contributed by atoms with E-state index < -0.39 is 0 Å². The van der Waals surface area contributed by atoms with Gasteiger partial charge in [-0.2, -0.15) is 0 Å². The summed E-state index contributed by atoms with van der Waals surface area (Å²) in [6.45, 7) is 0. The first kappa shape index (κ1) is 10.5. The van der Waals surface area contributed by atoms with Crippen LogP contribution in [0.4, 0.5) is 0 Å². The molecule has 1 aromatic carbocycles. The molecule has 0 radical (unpaired) electrons. The van der Waals surface area contributed by atoms with Crippen LogP contribution in [0.5, 0.6) is 5.88 Å². The Labute approximate surface area is 101 Å². The predicted octanol–water partition coefficient (Wildman–Crippen LogP) is 2.58. The quantitative estimate of drug-likeness (QED) is 0.859. The molecule has 0 atom stereocenters. The number of hydrogen-bond acceptors (Lipinski definition) is 3. The van der Waals surface area contributed by atoms with E-state index in [1.54, 1.807) is 13.3 Å². The summed E-state index contributed by atoms with van der Waals surface area (Å²) in [6.07, 6.45) is 5.17. The Balaban J connectivity index is 2.14. The average molecular weight is 228 g/mol. The van der Waals surface area contributed by atoms with Crippen LogP contribution in [0.2, 0.25) is 0 Å². The Bertz CT molecular complexity index is 561. The molecule has 0 spiro atoms. The van der Waals surface area contributed by atoms with Crippen LogP contribution in [0.15, 0.2) is 30.5 Å². The molecule has 1 saturated carbocycles. The molecule has 3 rings (SSSR count). The number of nitrogens with zero attached hydrogens (tertiary/aromatic N) is 1. The van der Waals surface area contributed by atoms with Gasteiger partial charge in [-0.15, -0.1) is 0 Å². The van der Waals surface area contributed by atoms with Gasteiger partial charge in [-0.25, -0.2) is 4.98 Å². The van der Waals surface area contributed by atoms with Crippen molar-refractivity contribution in [3.05, 3.63) is 36.0 Å². The predicted molar refractivity (Wildman–Crippen MR) is 68.0 cm³/mol. The van der Waals surface area contributed by atoms with Gasteiger partial charge in [-0.1, -0.05) is 6.07 Å². The lowest BCUT2D eigenvalue weighted by Crippen LogP contribution is -2.43. The average Bonchev–Trinajstić information content (AvgIpc) is 2.34. The van der Waals surface area contributed by atoms with Crippen molar-refractivity contribution in [3.8, 4) is 5.88 Å². The van der Waals surface area contributed by atoms with Gasteiger partial charge in [0.25, 0.3) is 0 Å². The van der Waals surface area contributed by atoms with Gasteiger partial charge in [0.1, 0.15) is 0 Å². The van der Waals surface area contributed by atoms with Crippen molar-refractivity contribution < 1.29 is 4.74 Å². The number of ether oxygens (including phenoxy) is 1. The lowest BCUT2D eigenvalue weighted by Gasteiger charge is -2.38. The van der Waals surface area contributed by atoms with Gasteiger partial charge in [-0.3, -0.25) is 0 Å². The number of hydrogen-bond donors (Lipinski definition) is 1. The zero-order valence-electron chi connectivity index (χ0n) is 9.94. The van der Waals surface area contributed by atoms with Gasteiger partial charge >= 0.3 is 0 Å². The third-order valence-electron chi connectivity index (χ3n) is 3.74. The van der Waals surface area contributed by atoms with Gasteiger partial charge in [0.15, 0.2) is 0 Å². The fraction of sp³-hybridized carbons (Fsp3) is 0.357. The Hall–Kier alpha value is -1.61. The summed E-state index contributed by atoms with van der Waals surface area (Å²) in [5, 5.41) is 2.19. The second kappa shape index (κ2) is 3.70. The highest BCUT2D eigenvalue weighted by Crippen LogP contribution is 2.40. The fourth-order valence-electron chi connectivity index (χ4n) is 2.47. The molecule has 1 heterocycles. The maximum atomic E-state index is 6.34. The Morgan fingerprint density at radius 1 is 1.29 bits per heavy atom. The summed E-state index contributed by atoms with van der Waals surface area (Å²) in [5.41, 5.74) is 7.46. The van der Waals surface area contributed by atoms with E-state index in [9.17, 15) is 0 Å². The fourth-order valence-corrected chi connectivity index (χ4v) is 2.47. The van der Waals surface area contributed by atoms with Crippen molar-refractivity contribution in [1.29, 1.82) is 0 Å². The summed E-state index contributed by atoms with van der Waals surface area (Å²) in [7, 11) is 1.64. The van der Waals surface area contributed by atoms with Gasteiger partial charge in [0.05, 0.1) is 7.11 Å². The van der Waals surface area contributed by atoms with Crippen molar-refractivity contribution in [3.63, 3.8) is 0 Å². The molecule has 3 nitrogen and oxygen atoms in total. The number of nitrogens with two attached hydrogens (primary N) is 1. The molecule has 1 fully saturated rings. The van der Waals surface area contributed by atoms with Crippen molar-refractivity contribution in [2.24, 2.45) is 5.73 Å². The number of aromatic nitrogens is 1. The van der Waals surface area contributed by atoms with E-state index in [2.05, 4.69) is 23.2 Å². The van der Waals surface area contributed by atoms with Crippen molar-refractivity contribution in [1.82, 2.24) is 4.98 Å². The van der Waals surface area contributed by atoms with Gasteiger partial charge in [0, 0.05) is 17.1 Å². The Morgan fingerprint density at radius 2 is 2.12 bits per heavy atom. The molecule has 17 heavy (non-hydrogen) atoms. The summed E-state index contributed by atoms with van der Waals surface area (Å²) in [6, 6.07) is 8.33. The van der Waals surface area contributed by atoms with E-state index in [1.807, 2.05) is 6.07 Å². The van der Waals surface area contributed by atoms with Crippen LogP contribution in [0, 0.1) is 0 Å². The topological polar surface area (TPSA) is 48.1 Å². The SMILES string of the molecule is COc1nccc2cc(C3(N)CCC3)ccc12. The normalized spacial score (nSPS) is 17.8. The molecule has 1 aliphatic carbocycles. The monoisotopic (exact) mass is 228 g/mol. The standard InChI is InChI=1S/C14H16N2O/c1-17-13-12-4-3-11(14(15)6-2-7-14)9-10(12)5-8-16-13/h3-5,8-9H,2,6-7,15H2,1H3. The molecule has 0 amide bonds. The molecule has 3 heteroatoms. The first-order chi connectivity index (χ1) is 8.23. The lowest BCUT2D eigenvalue weighted by molar-refractivity contribution is 0.254. The van der Waals surface area contributed by atoms with Crippen LogP contribution in [0.25, 0.3) is 10.8 Å². The smallest absolute Gasteiger partial charge is 0.221 e. The van der Waals surface area contributed by atoms with Crippen molar-refractivity contribution in [2.75, 3.05) is 7.11 Å². The number of pyridine rings is 1. The lowest BCUT2D eigenvalue weighted by atomic mass is 9.72. The van der Waals surface area contributed by atoms with E-state index in [1.165, 1.54) is 12.0 Å². The Kier molecular flexibility index (Phi) is 2.30. The molecule has 1 aromatic heterocycles. The van der Waals surface area contributed by atoms with Gasteiger partial charge in [0.2, 0.25) is 5.88 Å². The van der Waals surface area contributed by atoms with Crippen LogP contribution in [-0.4, -0.2) is 12.1 Å². The maximum absolute atomic E-state index is 6.34. The van der Waals surface area contributed by atoms with Gasteiger partial charge in [-0.05, 0) is 48.4 Å². The molecular formula is C14H16N2O. The van der Waals surface area contributed by atoms with Crippen molar-refractivity contribution in [2.45, 2.75) is 24.8 Å². The zero-order chi connectivity index (χ0) is 11.9. The molecule has 0 unspecified atom stereocenters. The van der Waals surface area contributed by atoms with E-state index in [0.29, 0.717) is 5.88 Å². The highest BCUT2D eigenvalue weighted by molar-refractivity contribution is 5.87. The summed E-state index contributed by atoms with van der Waals surface area (Å²) in [4.78, 5) is 4.20. The van der Waals surface area contributed by atoms with Crippen LogP contribution >= 0.6 is 0 Å². The minimum atomic E-state index is -0.106. The van der Waals surface area contributed by atoms with E-state index in [-0.39, 0.29) is 5.54 Å². The van der Waals surface area contributed by atoms with E-state index in [0.717, 1.165) is 23.6 Å². The summed E-state index contributed by atoms with van der Waals surface area (Å²) < 4.78 is 5.25. The van der Waals surface area contributed by atoms with Gasteiger partial charge < -0.3 is 10.5 Å². The van der Waals surface area contributed by atoms with E-state index in [4.69, 9.17) is 10.5 Å². The third kappa shape index (κ3) is 1.58. The zero-order valence-corrected chi connectivity index (χ0v) is 9.94. The number of methoxy groups -OCH3 is 1. The van der Waals surface area contributed by atoms with Crippen LogP contribution < -0.4 is 10.5 Å². The van der Waals surface area contributed by atoms with Crippen LogP contribution in [0.3, 0.4) is 0 Å². The molecule has 2 aromatic rings. The number of rotatable bonds is 2. The highest BCUT2D eigenvalue weighted by atomic mass is 16.5. The van der Waals surface area contributed by atoms with Crippen LogP contribution in [0.1, 0.15) is 24.8 Å². The molecule has 1 aliphatic rings. The van der Waals surface area contributed by atoms with E-state index >= 15 is 0 Å². The highest BCUT2D eigenvalue weighted by Gasteiger charge is 2.34. The Morgan fingerprint density at radius 3 is 2.76 bits per heavy atom. The third-order valence-corrected chi connectivity index (χ3v) is 3.74. The summed E-state index contributed by atoms with van der Waals surface area (Å²) >= 11 is 0. The second-order valence-electron chi connectivity index (χ2n) is 4.77. The van der Waals surface area contributed by atoms with Crippen LogP contribution in [-0.2, 0) is 5.54 Å². The molecule has 0 saturated heterocycles. The number of fused-ring (bicyclic) bond motifs is 1. The molecule has 0 aliphatic heterocycles. The molecule has 0 bridgehead atoms. The molecular weight excluding hydrogens is 212 g/mol. The number of benzene rings is 1. The largest absolute Gasteiger partial charge is 0.481 e. The molecule has 88 valence electrons. The minimum absolute atomic E-state index is 0.106. The van der Waals surface area contributed by atoms with Crippen molar-refractivity contribution >= 4 is 10.8 Å². The summed E-state index contributed by atoms with van der Waals surface area (Å²) in [5.74, 6) is 0.675. The molecule has 2 N–H and O–H groups in total. The first-order valence-electron chi connectivity index (χ1n) is 5.95. The first-order valence-corrected chi connectivity index (χ1v) is 5.95. The minimum Gasteiger partial charge on any atom is -0.481 e. The second-order valence-corrected chi connectivity index (χ2v) is 4.77.